The van der Waals surface area contributed by atoms with Crippen LogP contribution in [0.5, 0.6) is 5.75 Å². The molecule has 1 N–H and O–H groups in total. The van der Waals surface area contributed by atoms with Gasteiger partial charge in [-0.25, -0.2) is 4.79 Å². The van der Waals surface area contributed by atoms with Crippen molar-refractivity contribution < 1.29 is 24.0 Å². The summed E-state index contributed by atoms with van der Waals surface area (Å²) in [5.74, 6) is -0.918. The number of thiophene rings is 1. The van der Waals surface area contributed by atoms with E-state index in [1.54, 1.807) is 31.2 Å². The van der Waals surface area contributed by atoms with Gasteiger partial charge in [0, 0.05) is 16.8 Å². The predicted molar refractivity (Wildman–Crippen MR) is 133 cm³/mol. The molecule has 0 radical (unpaired) electrons. The normalized spacial score (nSPS) is 10.7. The summed E-state index contributed by atoms with van der Waals surface area (Å²) in [6.45, 7) is 4.04. The summed E-state index contributed by atoms with van der Waals surface area (Å²) in [4.78, 5) is 49.8. The number of para-hydroxylation sites is 1. The number of nitro benzene ring substituents is 1. The number of amides is 1. The van der Waals surface area contributed by atoms with Crippen LogP contribution in [0.15, 0.2) is 58.7 Å². The van der Waals surface area contributed by atoms with Crippen molar-refractivity contribution in [2.45, 2.75) is 13.8 Å². The number of anilines is 1. The SMILES string of the molecule is CCOC(=O)c1nn(-c2ccc(OCC)cc2)c(=O)c2c(NC(=O)c3ccccc3[N+](=O)[O-])scc12. The summed E-state index contributed by atoms with van der Waals surface area (Å²) in [6, 6.07) is 12.0. The fraction of sp³-hybridized carbons (Fsp3) is 0.167. The van der Waals surface area contributed by atoms with Crippen LogP contribution in [0.1, 0.15) is 34.7 Å². The van der Waals surface area contributed by atoms with Crippen LogP contribution >= 0.6 is 11.3 Å². The van der Waals surface area contributed by atoms with Gasteiger partial charge < -0.3 is 14.8 Å². The number of aromatic nitrogens is 2. The van der Waals surface area contributed by atoms with E-state index < -0.39 is 22.4 Å². The van der Waals surface area contributed by atoms with Gasteiger partial charge in [0.05, 0.1) is 29.2 Å². The van der Waals surface area contributed by atoms with E-state index in [0.717, 1.165) is 16.0 Å². The standard InChI is InChI=1S/C24H20N4O7S/c1-3-34-15-11-9-14(10-12-15)27-23(30)19-17(20(26-27)24(31)35-4-2)13-36-22(19)25-21(29)16-7-5-6-8-18(16)28(32)33/h5-13H,3-4H2,1-2H3,(H,25,29). The molecule has 0 saturated heterocycles. The van der Waals surface area contributed by atoms with Crippen molar-refractivity contribution in [2.24, 2.45) is 0 Å². The van der Waals surface area contributed by atoms with Gasteiger partial charge in [-0.1, -0.05) is 12.1 Å². The lowest BCUT2D eigenvalue weighted by Gasteiger charge is -2.11. The zero-order valence-electron chi connectivity index (χ0n) is 19.2. The maximum Gasteiger partial charge on any atom is 0.359 e. The molecule has 0 fully saturated rings. The van der Waals surface area contributed by atoms with Crippen LogP contribution in [0.25, 0.3) is 16.5 Å². The Morgan fingerprint density at radius 3 is 2.50 bits per heavy atom. The van der Waals surface area contributed by atoms with E-state index in [1.807, 2.05) is 6.92 Å². The van der Waals surface area contributed by atoms with Gasteiger partial charge in [0.2, 0.25) is 0 Å². The second-order valence-corrected chi connectivity index (χ2v) is 8.17. The van der Waals surface area contributed by atoms with E-state index >= 15 is 0 Å². The third-order valence-corrected chi connectivity index (χ3v) is 5.98. The lowest BCUT2D eigenvalue weighted by atomic mass is 10.1. The highest BCUT2D eigenvalue weighted by atomic mass is 32.1. The molecule has 2 aromatic carbocycles. The maximum absolute atomic E-state index is 13.5. The largest absolute Gasteiger partial charge is 0.494 e. The number of hydrogen-bond acceptors (Lipinski definition) is 9. The summed E-state index contributed by atoms with van der Waals surface area (Å²) in [7, 11) is 0. The van der Waals surface area contributed by atoms with Gasteiger partial charge in [-0.2, -0.15) is 9.78 Å². The molecule has 0 atom stereocenters. The van der Waals surface area contributed by atoms with Gasteiger partial charge in [-0.3, -0.25) is 19.7 Å². The molecule has 0 aliphatic rings. The van der Waals surface area contributed by atoms with Crippen molar-refractivity contribution >= 4 is 44.7 Å². The van der Waals surface area contributed by atoms with Gasteiger partial charge >= 0.3 is 5.97 Å². The molecule has 12 heteroatoms. The molecule has 184 valence electrons. The minimum atomic E-state index is -0.771. The lowest BCUT2D eigenvalue weighted by molar-refractivity contribution is -0.385. The number of ether oxygens (including phenoxy) is 2. The van der Waals surface area contributed by atoms with Crippen LogP contribution in [-0.2, 0) is 4.74 Å². The first kappa shape index (κ1) is 24.5. The second kappa shape index (κ2) is 10.4. The smallest absolute Gasteiger partial charge is 0.359 e. The van der Waals surface area contributed by atoms with E-state index in [2.05, 4.69) is 10.4 Å². The predicted octanol–water partition coefficient (Wildman–Crippen LogP) is 4.18. The summed E-state index contributed by atoms with van der Waals surface area (Å²) in [5, 5.41) is 20.0. The monoisotopic (exact) mass is 508 g/mol. The number of benzene rings is 2. The van der Waals surface area contributed by atoms with Gasteiger partial charge in [0.15, 0.2) is 5.69 Å². The average Bonchev–Trinajstić information content (AvgIpc) is 3.29. The third-order valence-electron chi connectivity index (χ3n) is 5.09. The minimum absolute atomic E-state index is 0.0267. The zero-order valence-corrected chi connectivity index (χ0v) is 20.0. The summed E-state index contributed by atoms with van der Waals surface area (Å²) < 4.78 is 11.6. The molecule has 0 aliphatic carbocycles. The van der Waals surface area contributed by atoms with E-state index in [4.69, 9.17) is 9.47 Å². The molecule has 0 unspecified atom stereocenters. The van der Waals surface area contributed by atoms with Crippen molar-refractivity contribution in [1.82, 2.24) is 9.78 Å². The van der Waals surface area contributed by atoms with Crippen LogP contribution in [0, 0.1) is 10.1 Å². The first-order chi connectivity index (χ1) is 17.3. The highest BCUT2D eigenvalue weighted by Gasteiger charge is 2.25. The van der Waals surface area contributed by atoms with Crippen molar-refractivity contribution in [3.05, 3.63) is 85.6 Å². The summed E-state index contributed by atoms with van der Waals surface area (Å²) in [5.41, 5.74) is -0.894. The number of carbonyl (C=O) groups excluding carboxylic acids is 2. The fourth-order valence-corrected chi connectivity index (χ4v) is 4.44. The molecule has 1 amide bonds. The Morgan fingerprint density at radius 1 is 1.11 bits per heavy atom. The van der Waals surface area contributed by atoms with Crippen molar-refractivity contribution in [3.8, 4) is 11.4 Å². The number of nitro groups is 1. The van der Waals surface area contributed by atoms with Crippen LogP contribution in [0.2, 0.25) is 0 Å². The van der Waals surface area contributed by atoms with E-state index in [1.165, 1.54) is 29.6 Å². The van der Waals surface area contributed by atoms with E-state index in [-0.39, 0.29) is 39.3 Å². The average molecular weight is 509 g/mol. The molecule has 36 heavy (non-hydrogen) atoms. The summed E-state index contributed by atoms with van der Waals surface area (Å²) in [6.07, 6.45) is 0. The lowest BCUT2D eigenvalue weighted by Crippen LogP contribution is -2.25. The van der Waals surface area contributed by atoms with Gasteiger partial charge in [-0.15, -0.1) is 11.3 Å². The number of fused-ring (bicyclic) bond motifs is 1. The molecule has 0 aliphatic heterocycles. The van der Waals surface area contributed by atoms with Crippen LogP contribution in [0.4, 0.5) is 10.7 Å². The van der Waals surface area contributed by atoms with E-state index in [0.29, 0.717) is 18.0 Å². The molecular weight excluding hydrogens is 488 g/mol. The van der Waals surface area contributed by atoms with Crippen LogP contribution < -0.4 is 15.6 Å². The zero-order chi connectivity index (χ0) is 25.8. The Hall–Kier alpha value is -4.58. The molecule has 2 aromatic heterocycles. The van der Waals surface area contributed by atoms with Gasteiger partial charge in [-0.05, 0) is 44.2 Å². The first-order valence-electron chi connectivity index (χ1n) is 10.8. The highest BCUT2D eigenvalue weighted by molar-refractivity contribution is 7.16. The fourth-order valence-electron chi connectivity index (χ4n) is 3.51. The van der Waals surface area contributed by atoms with E-state index in [9.17, 15) is 24.5 Å². The molecule has 0 spiro atoms. The van der Waals surface area contributed by atoms with Crippen molar-refractivity contribution in [1.29, 1.82) is 0 Å². The van der Waals surface area contributed by atoms with Gasteiger partial charge in [0.25, 0.3) is 17.2 Å². The molecule has 11 nitrogen and oxygen atoms in total. The Bertz CT molecular complexity index is 1530. The van der Waals surface area contributed by atoms with Crippen LogP contribution in [0.3, 0.4) is 0 Å². The number of nitrogens with zero attached hydrogens (tertiary/aromatic N) is 3. The first-order valence-corrected chi connectivity index (χ1v) is 11.7. The molecule has 4 aromatic rings. The Kier molecular flexibility index (Phi) is 7.06. The molecule has 0 bridgehead atoms. The van der Waals surface area contributed by atoms with Crippen LogP contribution in [-0.4, -0.2) is 39.8 Å². The number of nitrogens with one attached hydrogen (secondary N) is 1. The minimum Gasteiger partial charge on any atom is -0.494 e. The number of esters is 1. The highest BCUT2D eigenvalue weighted by Crippen LogP contribution is 2.32. The van der Waals surface area contributed by atoms with Crippen molar-refractivity contribution in [2.75, 3.05) is 18.5 Å². The number of hydrogen-bond donors (Lipinski definition) is 1. The number of carbonyl (C=O) groups is 2. The quantitative estimate of drug-likeness (QED) is 0.212. The third kappa shape index (κ3) is 4.66. The topological polar surface area (TPSA) is 143 Å². The second-order valence-electron chi connectivity index (χ2n) is 7.29. The van der Waals surface area contributed by atoms with Crippen molar-refractivity contribution in [3.63, 3.8) is 0 Å². The summed E-state index contributed by atoms with van der Waals surface area (Å²) >= 11 is 0.994. The molecule has 4 rings (SSSR count). The maximum atomic E-state index is 13.5. The molecule has 0 saturated carbocycles. The molecular formula is C24H20N4O7S. The molecule has 2 heterocycles. The Balaban J connectivity index is 1.86. The number of rotatable bonds is 8. The Morgan fingerprint density at radius 2 is 1.83 bits per heavy atom. The Labute approximate surface area is 208 Å². The van der Waals surface area contributed by atoms with Gasteiger partial charge in [0.1, 0.15) is 16.3 Å².